The largest absolute Gasteiger partial charge is 0.315 e. The number of nitrogens with one attached hydrogen (secondary N) is 1. The van der Waals surface area contributed by atoms with E-state index in [1.165, 1.54) is 36.7 Å². The summed E-state index contributed by atoms with van der Waals surface area (Å²) in [6.07, 6.45) is 1.17. The van der Waals surface area contributed by atoms with E-state index in [9.17, 15) is 0 Å². The Kier molecular flexibility index (Phi) is 5.55. The molecule has 0 saturated carbocycles. The van der Waals surface area contributed by atoms with Crippen molar-refractivity contribution in [3.63, 3.8) is 0 Å². The van der Waals surface area contributed by atoms with Gasteiger partial charge in [0.25, 0.3) is 0 Å². The van der Waals surface area contributed by atoms with Gasteiger partial charge in [0, 0.05) is 48.1 Å². The molecule has 0 unspecified atom stereocenters. The molecule has 0 amide bonds. The van der Waals surface area contributed by atoms with Crippen LogP contribution in [0.2, 0.25) is 0 Å². The summed E-state index contributed by atoms with van der Waals surface area (Å²) in [6, 6.07) is 4.35. The molecule has 1 aliphatic rings. The first-order chi connectivity index (χ1) is 8.66. The summed E-state index contributed by atoms with van der Waals surface area (Å²) in [5.41, 5.74) is 0. The quantitative estimate of drug-likeness (QED) is 0.809. The van der Waals surface area contributed by atoms with Gasteiger partial charge in [-0.2, -0.15) is 11.8 Å². The summed E-state index contributed by atoms with van der Waals surface area (Å²) < 4.78 is 0.440. The third-order valence-corrected chi connectivity index (χ3v) is 5.47. The minimum Gasteiger partial charge on any atom is -0.315 e. The van der Waals surface area contributed by atoms with Crippen molar-refractivity contribution in [3.8, 4) is 0 Å². The monoisotopic (exact) mass is 284 g/mol. The van der Waals surface area contributed by atoms with Gasteiger partial charge >= 0.3 is 0 Å². The molecule has 0 aliphatic carbocycles. The van der Waals surface area contributed by atoms with Gasteiger partial charge in [-0.05, 0) is 31.7 Å². The Bertz CT molecular complexity index is 336. The zero-order valence-corrected chi connectivity index (χ0v) is 13.1. The zero-order valence-electron chi connectivity index (χ0n) is 11.4. The molecule has 1 aromatic heterocycles. The number of nitrogens with zero attached hydrogens (tertiary/aromatic N) is 1. The van der Waals surface area contributed by atoms with Crippen LogP contribution in [-0.2, 0) is 6.42 Å². The number of thioether (sulfide) groups is 1. The maximum atomic E-state index is 3.56. The van der Waals surface area contributed by atoms with Crippen LogP contribution in [0.15, 0.2) is 17.5 Å². The minimum atomic E-state index is 0.440. The lowest BCUT2D eigenvalue weighted by Crippen LogP contribution is -2.45. The number of hydrogen-bond donors (Lipinski definition) is 1. The maximum absolute atomic E-state index is 3.56. The van der Waals surface area contributed by atoms with E-state index in [1.54, 1.807) is 0 Å². The van der Waals surface area contributed by atoms with Crippen LogP contribution in [-0.4, -0.2) is 48.1 Å². The highest BCUT2D eigenvalue weighted by atomic mass is 32.2. The van der Waals surface area contributed by atoms with Crippen LogP contribution >= 0.6 is 23.1 Å². The molecule has 1 fully saturated rings. The Morgan fingerprint density at radius 2 is 2.28 bits per heavy atom. The van der Waals surface area contributed by atoms with E-state index < -0.39 is 0 Å². The first-order valence-corrected chi connectivity index (χ1v) is 8.62. The van der Waals surface area contributed by atoms with Gasteiger partial charge in [-0.15, -0.1) is 11.3 Å². The average Bonchev–Trinajstić information content (AvgIpc) is 2.80. The summed E-state index contributed by atoms with van der Waals surface area (Å²) in [4.78, 5) is 4.08. The van der Waals surface area contributed by atoms with Gasteiger partial charge in [-0.3, -0.25) is 4.90 Å². The third kappa shape index (κ3) is 4.92. The molecule has 0 atom stereocenters. The van der Waals surface area contributed by atoms with Gasteiger partial charge in [-0.1, -0.05) is 6.07 Å². The van der Waals surface area contributed by atoms with E-state index in [4.69, 9.17) is 0 Å². The fraction of sp³-hybridized carbons (Fsp3) is 0.714. The summed E-state index contributed by atoms with van der Waals surface area (Å²) in [6.45, 7) is 10.6. The van der Waals surface area contributed by atoms with E-state index in [1.807, 2.05) is 11.3 Å². The summed E-state index contributed by atoms with van der Waals surface area (Å²) in [5.74, 6) is 1.28. The summed E-state index contributed by atoms with van der Waals surface area (Å²) in [5, 5.41) is 5.71. The van der Waals surface area contributed by atoms with Crippen molar-refractivity contribution in [2.24, 2.45) is 0 Å². The van der Waals surface area contributed by atoms with Crippen LogP contribution in [0.3, 0.4) is 0 Å². The van der Waals surface area contributed by atoms with E-state index in [2.05, 4.69) is 53.3 Å². The molecule has 0 aromatic carbocycles. The third-order valence-electron chi connectivity index (χ3n) is 3.24. The molecule has 0 spiro atoms. The van der Waals surface area contributed by atoms with Gasteiger partial charge in [0.05, 0.1) is 0 Å². The fourth-order valence-corrected chi connectivity index (χ4v) is 4.22. The van der Waals surface area contributed by atoms with Crippen LogP contribution in [0.4, 0.5) is 0 Å². The van der Waals surface area contributed by atoms with Gasteiger partial charge in [0.2, 0.25) is 0 Å². The molecule has 1 aliphatic heterocycles. The van der Waals surface area contributed by atoms with Crippen molar-refractivity contribution in [1.82, 2.24) is 10.2 Å². The van der Waals surface area contributed by atoms with E-state index >= 15 is 0 Å². The summed E-state index contributed by atoms with van der Waals surface area (Å²) >= 11 is 3.96. The minimum absolute atomic E-state index is 0.440. The highest BCUT2D eigenvalue weighted by Gasteiger charge is 2.26. The molecule has 1 N–H and O–H groups in total. The molecule has 2 nitrogen and oxygen atoms in total. The van der Waals surface area contributed by atoms with Crippen molar-refractivity contribution in [2.75, 3.05) is 38.5 Å². The smallest absolute Gasteiger partial charge is 0.0231 e. The topological polar surface area (TPSA) is 15.3 Å². The van der Waals surface area contributed by atoms with Gasteiger partial charge < -0.3 is 5.32 Å². The van der Waals surface area contributed by atoms with Crippen molar-refractivity contribution >= 4 is 23.1 Å². The molecule has 2 rings (SSSR count). The second kappa shape index (κ2) is 6.94. The molecular weight excluding hydrogens is 260 g/mol. The second-order valence-electron chi connectivity index (χ2n) is 5.46. The van der Waals surface area contributed by atoms with Crippen LogP contribution in [0.5, 0.6) is 0 Å². The van der Waals surface area contributed by atoms with Crippen LogP contribution in [0.25, 0.3) is 0 Å². The first kappa shape index (κ1) is 14.4. The Hall–Kier alpha value is -0.0300. The van der Waals surface area contributed by atoms with Gasteiger partial charge in [0.1, 0.15) is 0 Å². The molecule has 1 aromatic rings. The predicted octanol–water partition coefficient (Wildman–Crippen LogP) is 2.71. The highest BCUT2D eigenvalue weighted by Crippen LogP contribution is 2.28. The summed E-state index contributed by atoms with van der Waals surface area (Å²) in [7, 11) is 0. The molecule has 4 heteroatoms. The lowest BCUT2D eigenvalue weighted by atomic mass is 10.2. The van der Waals surface area contributed by atoms with E-state index in [0.29, 0.717) is 4.75 Å². The Morgan fingerprint density at radius 3 is 3.00 bits per heavy atom. The van der Waals surface area contributed by atoms with Crippen molar-refractivity contribution < 1.29 is 0 Å². The van der Waals surface area contributed by atoms with Crippen LogP contribution in [0.1, 0.15) is 18.7 Å². The number of hydrogen-bond acceptors (Lipinski definition) is 4. The molecule has 1 saturated heterocycles. The predicted molar refractivity (Wildman–Crippen MR) is 83.9 cm³/mol. The van der Waals surface area contributed by atoms with Gasteiger partial charge in [-0.25, -0.2) is 0 Å². The second-order valence-corrected chi connectivity index (χ2v) is 8.30. The SMILES string of the molecule is CC1(C)CN(CCNCCc2cccs2)CCS1. The van der Waals surface area contributed by atoms with Crippen LogP contribution < -0.4 is 5.32 Å². The molecule has 18 heavy (non-hydrogen) atoms. The highest BCUT2D eigenvalue weighted by molar-refractivity contribution is 8.00. The van der Waals surface area contributed by atoms with Crippen molar-refractivity contribution in [2.45, 2.75) is 25.0 Å². The lowest BCUT2D eigenvalue weighted by Gasteiger charge is -2.37. The Balaban J connectivity index is 1.55. The maximum Gasteiger partial charge on any atom is 0.0231 e. The Morgan fingerprint density at radius 1 is 1.39 bits per heavy atom. The molecule has 0 radical (unpaired) electrons. The van der Waals surface area contributed by atoms with Crippen LogP contribution in [0, 0.1) is 0 Å². The standard InChI is InChI=1S/C14H24N2S2/c1-14(2)12-16(9-11-18-14)8-7-15-6-5-13-4-3-10-17-13/h3-4,10,15H,5-9,11-12H2,1-2H3. The Labute approximate surface area is 119 Å². The lowest BCUT2D eigenvalue weighted by molar-refractivity contribution is 0.260. The van der Waals surface area contributed by atoms with Crippen molar-refractivity contribution in [1.29, 1.82) is 0 Å². The number of rotatable bonds is 6. The first-order valence-electron chi connectivity index (χ1n) is 6.75. The molecule has 102 valence electrons. The zero-order chi connectivity index (χ0) is 12.8. The molecular formula is C14H24N2S2. The fourth-order valence-electron chi connectivity index (χ4n) is 2.33. The van der Waals surface area contributed by atoms with E-state index in [0.717, 1.165) is 13.1 Å². The number of thiophene rings is 1. The molecule has 0 bridgehead atoms. The average molecular weight is 284 g/mol. The van der Waals surface area contributed by atoms with Gasteiger partial charge in [0.15, 0.2) is 0 Å². The molecule has 2 heterocycles. The normalized spacial score (nSPS) is 20.1. The van der Waals surface area contributed by atoms with Crippen molar-refractivity contribution in [3.05, 3.63) is 22.4 Å². The van der Waals surface area contributed by atoms with E-state index in [-0.39, 0.29) is 0 Å².